The molecule has 148 valence electrons. The SMILES string of the molecule is CCC(CNC(=NC)NCCCCn1ccnc1C)Oc1cccc(F)c1. The quantitative estimate of drug-likeness (QED) is 0.380. The zero-order valence-corrected chi connectivity index (χ0v) is 16.4. The predicted molar refractivity (Wildman–Crippen MR) is 107 cm³/mol. The lowest BCUT2D eigenvalue weighted by Crippen LogP contribution is -2.42. The number of nitrogens with one attached hydrogen (secondary N) is 2. The third-order valence-electron chi connectivity index (χ3n) is 4.32. The van der Waals surface area contributed by atoms with E-state index in [4.69, 9.17) is 4.74 Å². The Morgan fingerprint density at radius 3 is 2.85 bits per heavy atom. The molecule has 2 aromatic rings. The van der Waals surface area contributed by atoms with Crippen molar-refractivity contribution < 1.29 is 9.13 Å². The summed E-state index contributed by atoms with van der Waals surface area (Å²) in [5.74, 6) is 2.04. The average Bonchev–Trinajstić information content (AvgIpc) is 3.07. The van der Waals surface area contributed by atoms with E-state index in [2.05, 4.69) is 25.2 Å². The number of aliphatic imine (C=N–C) groups is 1. The number of nitrogens with zero attached hydrogens (tertiary/aromatic N) is 3. The summed E-state index contributed by atoms with van der Waals surface area (Å²) in [6, 6.07) is 6.22. The van der Waals surface area contributed by atoms with Crippen molar-refractivity contribution in [2.75, 3.05) is 20.1 Å². The van der Waals surface area contributed by atoms with Gasteiger partial charge in [-0.15, -0.1) is 0 Å². The Kier molecular flexibility index (Phi) is 8.61. The van der Waals surface area contributed by atoms with Crippen molar-refractivity contribution in [3.63, 3.8) is 0 Å². The molecule has 2 rings (SSSR count). The average molecular weight is 375 g/mol. The molecule has 1 heterocycles. The van der Waals surface area contributed by atoms with Crippen LogP contribution in [-0.4, -0.2) is 41.8 Å². The van der Waals surface area contributed by atoms with E-state index in [1.54, 1.807) is 19.2 Å². The minimum absolute atomic E-state index is 0.0606. The van der Waals surface area contributed by atoms with Gasteiger partial charge < -0.3 is 19.9 Å². The molecule has 0 aliphatic heterocycles. The minimum atomic E-state index is -0.293. The highest BCUT2D eigenvalue weighted by Crippen LogP contribution is 2.14. The highest BCUT2D eigenvalue weighted by molar-refractivity contribution is 5.79. The topological polar surface area (TPSA) is 63.5 Å². The first kappa shape index (κ1) is 20.7. The predicted octanol–water partition coefficient (Wildman–Crippen LogP) is 3.13. The van der Waals surface area contributed by atoms with Gasteiger partial charge in [-0.1, -0.05) is 13.0 Å². The molecular formula is C20H30FN5O. The molecular weight excluding hydrogens is 345 g/mol. The first-order valence-corrected chi connectivity index (χ1v) is 9.46. The Labute approximate surface area is 160 Å². The van der Waals surface area contributed by atoms with E-state index >= 15 is 0 Å². The molecule has 0 amide bonds. The van der Waals surface area contributed by atoms with Crippen LogP contribution in [0.15, 0.2) is 41.7 Å². The molecule has 0 saturated heterocycles. The zero-order chi connectivity index (χ0) is 19.5. The molecule has 1 unspecified atom stereocenters. The second-order valence-corrected chi connectivity index (χ2v) is 6.36. The number of aromatic nitrogens is 2. The number of hydrogen-bond acceptors (Lipinski definition) is 3. The Morgan fingerprint density at radius 2 is 2.19 bits per heavy atom. The van der Waals surface area contributed by atoms with Crippen LogP contribution in [-0.2, 0) is 6.54 Å². The van der Waals surface area contributed by atoms with Crippen molar-refractivity contribution in [2.45, 2.75) is 45.8 Å². The monoisotopic (exact) mass is 375 g/mol. The lowest BCUT2D eigenvalue weighted by Gasteiger charge is -2.20. The fourth-order valence-corrected chi connectivity index (χ4v) is 2.69. The first-order valence-electron chi connectivity index (χ1n) is 9.46. The maximum absolute atomic E-state index is 13.3. The van der Waals surface area contributed by atoms with Crippen molar-refractivity contribution in [2.24, 2.45) is 4.99 Å². The molecule has 7 heteroatoms. The van der Waals surface area contributed by atoms with Gasteiger partial charge >= 0.3 is 0 Å². The number of guanidine groups is 1. The van der Waals surface area contributed by atoms with Gasteiger partial charge in [0.25, 0.3) is 0 Å². The summed E-state index contributed by atoms with van der Waals surface area (Å²) >= 11 is 0. The van der Waals surface area contributed by atoms with Crippen LogP contribution in [0.2, 0.25) is 0 Å². The third kappa shape index (κ3) is 7.29. The minimum Gasteiger partial charge on any atom is -0.489 e. The second kappa shape index (κ2) is 11.2. The number of halogens is 1. The fraction of sp³-hybridized carbons (Fsp3) is 0.500. The van der Waals surface area contributed by atoms with Gasteiger partial charge in [0.15, 0.2) is 5.96 Å². The first-order chi connectivity index (χ1) is 13.1. The van der Waals surface area contributed by atoms with E-state index < -0.39 is 0 Å². The van der Waals surface area contributed by atoms with Crippen molar-refractivity contribution in [1.82, 2.24) is 20.2 Å². The maximum Gasteiger partial charge on any atom is 0.191 e. The van der Waals surface area contributed by atoms with Gasteiger partial charge in [-0.25, -0.2) is 9.37 Å². The van der Waals surface area contributed by atoms with E-state index in [0.717, 1.165) is 44.1 Å². The molecule has 2 N–H and O–H groups in total. The molecule has 27 heavy (non-hydrogen) atoms. The molecule has 1 aromatic carbocycles. The summed E-state index contributed by atoms with van der Waals surface area (Å²) in [5.41, 5.74) is 0. The van der Waals surface area contributed by atoms with Gasteiger partial charge in [-0.2, -0.15) is 0 Å². The highest BCUT2D eigenvalue weighted by Gasteiger charge is 2.10. The van der Waals surface area contributed by atoms with Gasteiger partial charge in [0.05, 0.1) is 6.54 Å². The molecule has 0 aliphatic carbocycles. The molecule has 0 bridgehead atoms. The van der Waals surface area contributed by atoms with E-state index in [-0.39, 0.29) is 11.9 Å². The van der Waals surface area contributed by atoms with Gasteiger partial charge in [-0.3, -0.25) is 4.99 Å². The van der Waals surface area contributed by atoms with Crippen LogP contribution in [0.3, 0.4) is 0 Å². The number of benzene rings is 1. The Balaban J connectivity index is 1.66. The van der Waals surface area contributed by atoms with Crippen LogP contribution in [0.1, 0.15) is 32.0 Å². The van der Waals surface area contributed by atoms with E-state index in [9.17, 15) is 4.39 Å². The smallest absolute Gasteiger partial charge is 0.191 e. The van der Waals surface area contributed by atoms with E-state index in [1.807, 2.05) is 26.2 Å². The molecule has 0 saturated carbocycles. The fourth-order valence-electron chi connectivity index (χ4n) is 2.69. The van der Waals surface area contributed by atoms with Crippen LogP contribution >= 0.6 is 0 Å². The third-order valence-corrected chi connectivity index (χ3v) is 4.32. The second-order valence-electron chi connectivity index (χ2n) is 6.36. The molecule has 0 radical (unpaired) electrons. The van der Waals surface area contributed by atoms with E-state index in [1.165, 1.54) is 12.1 Å². The summed E-state index contributed by atoms with van der Waals surface area (Å²) in [4.78, 5) is 8.47. The number of imidazole rings is 1. The lowest BCUT2D eigenvalue weighted by molar-refractivity contribution is 0.199. The highest BCUT2D eigenvalue weighted by atomic mass is 19.1. The lowest BCUT2D eigenvalue weighted by atomic mass is 10.2. The van der Waals surface area contributed by atoms with E-state index in [0.29, 0.717) is 12.3 Å². The van der Waals surface area contributed by atoms with Crippen LogP contribution in [0.4, 0.5) is 4.39 Å². The van der Waals surface area contributed by atoms with Crippen molar-refractivity contribution in [1.29, 1.82) is 0 Å². The van der Waals surface area contributed by atoms with Gasteiger partial charge in [0.1, 0.15) is 23.5 Å². The van der Waals surface area contributed by atoms with Crippen LogP contribution in [0.5, 0.6) is 5.75 Å². The molecule has 0 spiro atoms. The van der Waals surface area contributed by atoms with Crippen LogP contribution in [0, 0.1) is 12.7 Å². The number of unbranched alkanes of at least 4 members (excludes halogenated alkanes) is 1. The summed E-state index contributed by atoms with van der Waals surface area (Å²) in [6.45, 7) is 6.47. The summed E-state index contributed by atoms with van der Waals surface area (Å²) in [6.07, 6.45) is 6.69. The molecule has 1 aromatic heterocycles. The standard InChI is InChI=1S/C20H30FN5O/c1-4-18(27-19-9-7-8-17(21)14-19)15-25-20(22-3)24-10-5-6-12-26-13-11-23-16(26)2/h7-9,11,13-14,18H,4-6,10,12,15H2,1-3H3,(H2,22,24,25). The number of aryl methyl sites for hydroxylation is 2. The van der Waals surface area contributed by atoms with Crippen LogP contribution < -0.4 is 15.4 Å². The van der Waals surface area contributed by atoms with Crippen molar-refractivity contribution in [3.05, 3.63) is 48.3 Å². The molecule has 0 fully saturated rings. The van der Waals surface area contributed by atoms with Gasteiger partial charge in [-0.05, 0) is 38.3 Å². The molecule has 6 nitrogen and oxygen atoms in total. The Morgan fingerprint density at radius 1 is 1.33 bits per heavy atom. The largest absolute Gasteiger partial charge is 0.489 e. The molecule has 1 atom stereocenters. The Hall–Kier alpha value is -2.57. The summed E-state index contributed by atoms with van der Waals surface area (Å²) in [5, 5.41) is 6.59. The zero-order valence-electron chi connectivity index (χ0n) is 16.4. The number of hydrogen-bond donors (Lipinski definition) is 2. The molecule has 0 aliphatic rings. The number of rotatable bonds is 10. The maximum atomic E-state index is 13.3. The Bertz CT molecular complexity index is 716. The van der Waals surface area contributed by atoms with Crippen molar-refractivity contribution in [3.8, 4) is 5.75 Å². The van der Waals surface area contributed by atoms with Crippen molar-refractivity contribution >= 4 is 5.96 Å². The summed E-state index contributed by atoms with van der Waals surface area (Å²) < 4.78 is 21.3. The van der Waals surface area contributed by atoms with Crippen LogP contribution in [0.25, 0.3) is 0 Å². The number of ether oxygens (including phenoxy) is 1. The normalized spacial score (nSPS) is 12.7. The summed E-state index contributed by atoms with van der Waals surface area (Å²) in [7, 11) is 1.75. The van der Waals surface area contributed by atoms with Gasteiger partial charge in [0.2, 0.25) is 0 Å². The van der Waals surface area contributed by atoms with Gasteiger partial charge in [0, 0.05) is 38.6 Å².